The van der Waals surface area contributed by atoms with Gasteiger partial charge in [-0.15, -0.1) is 0 Å². The molecule has 0 unspecified atom stereocenters. The number of amides is 1. The van der Waals surface area contributed by atoms with E-state index in [-0.39, 0.29) is 11.6 Å². The normalized spacial score (nSPS) is 11.5. The first kappa shape index (κ1) is 23.5. The van der Waals surface area contributed by atoms with Gasteiger partial charge in [0.25, 0.3) is 5.91 Å². The molecule has 0 atom stereocenters. The van der Waals surface area contributed by atoms with Gasteiger partial charge in [-0.2, -0.15) is 18.3 Å². The van der Waals surface area contributed by atoms with Crippen molar-refractivity contribution in [2.24, 2.45) is 0 Å². The Morgan fingerprint density at radius 2 is 1.88 bits per heavy atom. The molecule has 0 aliphatic carbocycles. The average Bonchev–Trinajstić information content (AvgIpc) is 3.48. The van der Waals surface area contributed by atoms with E-state index < -0.39 is 16.6 Å². The maximum atomic E-state index is 13.6. The van der Waals surface area contributed by atoms with Crippen LogP contribution in [0.1, 0.15) is 28.8 Å². The predicted molar refractivity (Wildman–Crippen MR) is 124 cm³/mol. The fourth-order valence-electron chi connectivity index (χ4n) is 3.60. The minimum Gasteiger partial charge on any atom is -0.352 e. The molecule has 0 aliphatic heterocycles. The highest BCUT2D eigenvalue weighted by atomic mass is 32.1. The number of nitrogens with one attached hydrogen (secondary N) is 1. The number of aromatic nitrogens is 3. The van der Waals surface area contributed by atoms with E-state index in [2.05, 4.69) is 10.4 Å². The Morgan fingerprint density at radius 3 is 2.65 bits per heavy atom. The highest BCUT2D eigenvalue weighted by Crippen LogP contribution is 2.35. The SMILES string of the molecule is O=C(NCCCCn1cccn1)c1cccc(-c2csc(=O)n2-c2ccccc2C(F)(F)F)c1. The molecular weight excluding hydrogens is 465 g/mol. The molecular formula is C24H21F3N4O2S. The van der Waals surface area contributed by atoms with Crippen molar-refractivity contribution in [2.75, 3.05) is 6.54 Å². The number of alkyl halides is 3. The van der Waals surface area contributed by atoms with Gasteiger partial charge in [-0.1, -0.05) is 35.6 Å². The monoisotopic (exact) mass is 486 g/mol. The van der Waals surface area contributed by atoms with E-state index in [0.29, 0.717) is 23.4 Å². The zero-order valence-electron chi connectivity index (χ0n) is 18.0. The largest absolute Gasteiger partial charge is 0.418 e. The fraction of sp³-hybridized carbons (Fsp3) is 0.208. The minimum atomic E-state index is -4.62. The molecule has 0 fully saturated rings. The van der Waals surface area contributed by atoms with Gasteiger partial charge in [-0.25, -0.2) is 0 Å². The lowest BCUT2D eigenvalue weighted by molar-refractivity contribution is -0.137. The standard InChI is InChI=1S/C24H21F3N4O2S/c25-24(26,27)19-9-1-2-10-20(19)31-21(16-34-23(31)33)17-7-5-8-18(15-17)22(32)28-11-3-4-13-30-14-6-12-29-30/h1-2,5-10,12,14-16H,3-4,11,13H2,(H,28,32). The molecule has 0 spiro atoms. The Morgan fingerprint density at radius 1 is 1.06 bits per heavy atom. The van der Waals surface area contributed by atoms with Crippen molar-refractivity contribution in [3.8, 4) is 16.9 Å². The van der Waals surface area contributed by atoms with Crippen LogP contribution in [0.3, 0.4) is 0 Å². The van der Waals surface area contributed by atoms with Crippen molar-refractivity contribution in [3.63, 3.8) is 0 Å². The Hall–Kier alpha value is -3.66. The molecule has 0 radical (unpaired) electrons. The van der Waals surface area contributed by atoms with E-state index in [1.54, 1.807) is 30.5 Å². The summed E-state index contributed by atoms with van der Waals surface area (Å²) in [6, 6.07) is 13.3. The highest BCUT2D eigenvalue weighted by Gasteiger charge is 2.34. The summed E-state index contributed by atoms with van der Waals surface area (Å²) in [5, 5.41) is 8.48. The topological polar surface area (TPSA) is 68.9 Å². The summed E-state index contributed by atoms with van der Waals surface area (Å²) >= 11 is 0.805. The van der Waals surface area contributed by atoms with Crippen LogP contribution in [0.25, 0.3) is 16.9 Å². The first-order valence-corrected chi connectivity index (χ1v) is 11.5. The molecule has 0 bridgehead atoms. The Kier molecular flexibility index (Phi) is 6.97. The van der Waals surface area contributed by atoms with Gasteiger partial charge in [-0.3, -0.25) is 18.8 Å². The molecule has 0 saturated heterocycles. The summed E-state index contributed by atoms with van der Waals surface area (Å²) in [5.74, 6) is -0.291. The number of benzene rings is 2. The van der Waals surface area contributed by atoms with E-state index in [4.69, 9.17) is 0 Å². The van der Waals surface area contributed by atoms with Gasteiger partial charge in [0, 0.05) is 42.0 Å². The van der Waals surface area contributed by atoms with E-state index >= 15 is 0 Å². The smallest absolute Gasteiger partial charge is 0.352 e. The van der Waals surface area contributed by atoms with Crippen molar-refractivity contribution in [1.82, 2.24) is 19.7 Å². The number of carbonyl (C=O) groups is 1. The molecule has 2 aromatic heterocycles. The van der Waals surface area contributed by atoms with Crippen LogP contribution in [-0.2, 0) is 12.7 Å². The second-order valence-corrected chi connectivity index (χ2v) is 8.37. The number of nitrogens with zero attached hydrogens (tertiary/aromatic N) is 3. The zero-order valence-corrected chi connectivity index (χ0v) is 18.8. The molecule has 0 aliphatic rings. The number of aryl methyl sites for hydroxylation is 1. The van der Waals surface area contributed by atoms with Crippen molar-refractivity contribution in [3.05, 3.63) is 93.2 Å². The van der Waals surface area contributed by atoms with E-state index in [9.17, 15) is 22.8 Å². The number of para-hydroxylation sites is 1. The maximum Gasteiger partial charge on any atom is 0.418 e. The number of thiazole rings is 1. The van der Waals surface area contributed by atoms with Gasteiger partial charge in [0.2, 0.25) is 0 Å². The first-order chi connectivity index (χ1) is 16.3. The number of unbranched alkanes of at least 4 members (excludes halogenated alkanes) is 1. The second kappa shape index (κ2) is 10.1. The number of hydrogen-bond acceptors (Lipinski definition) is 4. The lowest BCUT2D eigenvalue weighted by atomic mass is 10.1. The quantitative estimate of drug-likeness (QED) is 0.357. The average molecular weight is 487 g/mol. The Bertz CT molecular complexity index is 1330. The van der Waals surface area contributed by atoms with Gasteiger partial charge < -0.3 is 5.32 Å². The Labute approximate surface area is 197 Å². The predicted octanol–water partition coefficient (Wildman–Crippen LogP) is 4.99. The zero-order chi connectivity index (χ0) is 24.1. The molecule has 2 aromatic carbocycles. The van der Waals surface area contributed by atoms with Gasteiger partial charge in [0.15, 0.2) is 0 Å². The van der Waals surface area contributed by atoms with E-state index in [0.717, 1.165) is 41.4 Å². The number of rotatable bonds is 8. The fourth-order valence-corrected chi connectivity index (χ4v) is 4.35. The van der Waals surface area contributed by atoms with Crippen molar-refractivity contribution < 1.29 is 18.0 Å². The van der Waals surface area contributed by atoms with Crippen LogP contribution >= 0.6 is 11.3 Å². The van der Waals surface area contributed by atoms with E-state index in [1.165, 1.54) is 23.6 Å². The summed E-state index contributed by atoms with van der Waals surface area (Å²) in [6.07, 6.45) is 0.588. The van der Waals surface area contributed by atoms with E-state index in [1.807, 2.05) is 16.9 Å². The summed E-state index contributed by atoms with van der Waals surface area (Å²) in [4.78, 5) is 24.6. The van der Waals surface area contributed by atoms with Crippen LogP contribution in [0, 0.1) is 0 Å². The van der Waals surface area contributed by atoms with Gasteiger partial charge in [0.05, 0.1) is 16.9 Å². The van der Waals surface area contributed by atoms with Crippen LogP contribution < -0.4 is 10.2 Å². The third-order valence-corrected chi connectivity index (χ3v) is 5.95. The summed E-state index contributed by atoms with van der Waals surface area (Å²) in [5.41, 5.74) is -0.0230. The molecule has 2 heterocycles. The molecule has 6 nitrogen and oxygen atoms in total. The van der Waals surface area contributed by atoms with Crippen LogP contribution in [0.4, 0.5) is 13.2 Å². The minimum absolute atomic E-state index is 0.247. The first-order valence-electron chi connectivity index (χ1n) is 10.6. The Balaban J connectivity index is 1.52. The molecule has 4 rings (SSSR count). The molecule has 4 aromatic rings. The summed E-state index contributed by atoms with van der Waals surface area (Å²) in [7, 11) is 0. The highest BCUT2D eigenvalue weighted by molar-refractivity contribution is 7.07. The third-order valence-electron chi connectivity index (χ3n) is 5.22. The molecule has 34 heavy (non-hydrogen) atoms. The molecule has 176 valence electrons. The summed E-state index contributed by atoms with van der Waals surface area (Å²) < 4.78 is 43.5. The van der Waals surface area contributed by atoms with Crippen LogP contribution in [0.15, 0.2) is 77.2 Å². The van der Waals surface area contributed by atoms with Crippen molar-refractivity contribution in [2.45, 2.75) is 25.6 Å². The van der Waals surface area contributed by atoms with Crippen molar-refractivity contribution >= 4 is 17.2 Å². The van der Waals surface area contributed by atoms with Crippen LogP contribution in [0.2, 0.25) is 0 Å². The summed E-state index contributed by atoms with van der Waals surface area (Å²) in [6.45, 7) is 1.24. The molecule has 0 saturated carbocycles. The lowest BCUT2D eigenvalue weighted by Crippen LogP contribution is -2.24. The van der Waals surface area contributed by atoms with Crippen LogP contribution in [0.5, 0.6) is 0 Å². The molecule has 10 heteroatoms. The number of halogens is 3. The van der Waals surface area contributed by atoms with Gasteiger partial charge in [0.1, 0.15) is 0 Å². The molecule has 1 N–H and O–H groups in total. The van der Waals surface area contributed by atoms with Gasteiger partial charge in [-0.05, 0) is 43.2 Å². The van der Waals surface area contributed by atoms with Crippen LogP contribution in [-0.4, -0.2) is 26.8 Å². The van der Waals surface area contributed by atoms with Crippen molar-refractivity contribution in [1.29, 1.82) is 0 Å². The van der Waals surface area contributed by atoms with Gasteiger partial charge >= 0.3 is 11.0 Å². The maximum absolute atomic E-state index is 13.6. The lowest BCUT2D eigenvalue weighted by Gasteiger charge is -2.15. The molecule has 1 amide bonds. The second-order valence-electron chi connectivity index (χ2n) is 7.55. The number of carbonyl (C=O) groups excluding carboxylic acids is 1. The number of hydrogen-bond donors (Lipinski definition) is 1. The third kappa shape index (κ3) is 5.28.